The van der Waals surface area contributed by atoms with Gasteiger partial charge in [0.05, 0.1) is 0 Å². The molecule has 18 heavy (non-hydrogen) atoms. The first kappa shape index (κ1) is 12.3. The lowest BCUT2D eigenvalue weighted by atomic mass is 10.2. The van der Waals surface area contributed by atoms with Gasteiger partial charge in [-0.2, -0.15) is 0 Å². The zero-order chi connectivity index (χ0) is 13.0. The van der Waals surface area contributed by atoms with Crippen molar-refractivity contribution in [1.29, 1.82) is 0 Å². The molecule has 0 saturated heterocycles. The zero-order valence-electron chi connectivity index (χ0n) is 9.71. The standard InChI is InChI=1S/C11H12N4O2S/c1-13-11-15-14-9(18-11)6-17-8-4-2-7(3-5-8)10(12)16/h2-5H,6H2,1H3,(H2,12,16)(H,13,15). The van der Waals surface area contributed by atoms with Crippen LogP contribution in [0.4, 0.5) is 5.13 Å². The average Bonchev–Trinajstić information content (AvgIpc) is 2.85. The van der Waals surface area contributed by atoms with Crippen molar-refractivity contribution in [1.82, 2.24) is 10.2 Å². The maximum atomic E-state index is 10.9. The van der Waals surface area contributed by atoms with E-state index in [1.54, 1.807) is 31.3 Å². The van der Waals surface area contributed by atoms with Crippen LogP contribution in [0.15, 0.2) is 24.3 Å². The summed E-state index contributed by atoms with van der Waals surface area (Å²) < 4.78 is 5.51. The van der Waals surface area contributed by atoms with Gasteiger partial charge in [0.1, 0.15) is 12.4 Å². The van der Waals surface area contributed by atoms with E-state index in [-0.39, 0.29) is 0 Å². The number of nitrogens with two attached hydrogens (primary N) is 1. The van der Waals surface area contributed by atoms with Crippen LogP contribution in [-0.4, -0.2) is 23.2 Å². The van der Waals surface area contributed by atoms with Crippen molar-refractivity contribution >= 4 is 22.4 Å². The van der Waals surface area contributed by atoms with Crippen LogP contribution in [0, 0.1) is 0 Å². The molecule has 0 fully saturated rings. The number of carbonyl (C=O) groups is 1. The molecule has 0 saturated carbocycles. The van der Waals surface area contributed by atoms with Gasteiger partial charge in [-0.3, -0.25) is 4.79 Å². The Hall–Kier alpha value is -2.15. The third-order valence-corrected chi connectivity index (χ3v) is 3.10. The second-order valence-electron chi connectivity index (χ2n) is 3.43. The fraction of sp³-hybridized carbons (Fsp3) is 0.182. The van der Waals surface area contributed by atoms with Crippen LogP contribution in [0.25, 0.3) is 0 Å². The summed E-state index contributed by atoms with van der Waals surface area (Å²) in [6, 6.07) is 6.63. The first-order valence-electron chi connectivity index (χ1n) is 5.22. The number of amides is 1. The molecule has 3 N–H and O–H groups in total. The lowest BCUT2D eigenvalue weighted by molar-refractivity contribution is 0.100. The second kappa shape index (κ2) is 5.46. The van der Waals surface area contributed by atoms with Gasteiger partial charge in [0.2, 0.25) is 11.0 Å². The molecule has 0 aliphatic rings. The van der Waals surface area contributed by atoms with Gasteiger partial charge >= 0.3 is 0 Å². The molecule has 0 spiro atoms. The fourth-order valence-electron chi connectivity index (χ4n) is 1.27. The monoisotopic (exact) mass is 264 g/mol. The van der Waals surface area contributed by atoms with Crippen molar-refractivity contribution in [3.05, 3.63) is 34.8 Å². The molecule has 1 amide bonds. The predicted molar refractivity (Wildman–Crippen MR) is 68.7 cm³/mol. The Balaban J connectivity index is 1.95. The molecule has 0 aliphatic carbocycles. The number of ether oxygens (including phenoxy) is 1. The molecular formula is C11H12N4O2S. The summed E-state index contributed by atoms with van der Waals surface area (Å²) in [6.07, 6.45) is 0. The number of nitrogens with one attached hydrogen (secondary N) is 1. The highest BCUT2D eigenvalue weighted by Gasteiger charge is 2.04. The SMILES string of the molecule is CNc1nnc(COc2ccc(C(N)=O)cc2)s1. The number of hydrogen-bond donors (Lipinski definition) is 2. The van der Waals surface area contributed by atoms with Crippen molar-refractivity contribution < 1.29 is 9.53 Å². The lowest BCUT2D eigenvalue weighted by Gasteiger charge is -2.03. The highest BCUT2D eigenvalue weighted by molar-refractivity contribution is 7.15. The molecule has 94 valence electrons. The van der Waals surface area contributed by atoms with Crippen molar-refractivity contribution in [2.24, 2.45) is 5.73 Å². The van der Waals surface area contributed by atoms with E-state index >= 15 is 0 Å². The number of benzene rings is 1. The normalized spacial score (nSPS) is 10.1. The molecule has 2 rings (SSSR count). The van der Waals surface area contributed by atoms with Crippen LogP contribution in [0.2, 0.25) is 0 Å². The topological polar surface area (TPSA) is 90.1 Å². The highest BCUT2D eigenvalue weighted by Crippen LogP contribution is 2.18. The number of hydrogen-bond acceptors (Lipinski definition) is 6. The van der Waals surface area contributed by atoms with Crippen LogP contribution in [0.5, 0.6) is 5.75 Å². The second-order valence-corrected chi connectivity index (χ2v) is 4.49. The minimum absolute atomic E-state index is 0.343. The largest absolute Gasteiger partial charge is 0.486 e. The molecule has 1 aromatic carbocycles. The summed E-state index contributed by atoms with van der Waals surface area (Å²) in [6.45, 7) is 0.343. The molecule has 0 unspecified atom stereocenters. The van der Waals surface area contributed by atoms with Crippen LogP contribution in [-0.2, 0) is 6.61 Å². The van der Waals surface area contributed by atoms with Gasteiger partial charge in [0.25, 0.3) is 0 Å². The highest BCUT2D eigenvalue weighted by atomic mass is 32.1. The van der Waals surface area contributed by atoms with Crippen LogP contribution in [0.3, 0.4) is 0 Å². The van der Waals surface area contributed by atoms with E-state index in [0.717, 1.165) is 10.1 Å². The first-order chi connectivity index (χ1) is 8.69. The molecule has 2 aromatic rings. The van der Waals surface area contributed by atoms with Crippen molar-refractivity contribution in [2.75, 3.05) is 12.4 Å². The quantitative estimate of drug-likeness (QED) is 0.848. The van der Waals surface area contributed by atoms with Gasteiger partial charge < -0.3 is 15.8 Å². The van der Waals surface area contributed by atoms with Crippen LogP contribution < -0.4 is 15.8 Å². The zero-order valence-corrected chi connectivity index (χ0v) is 10.5. The number of primary amides is 1. The third kappa shape index (κ3) is 2.95. The van der Waals surface area contributed by atoms with E-state index in [4.69, 9.17) is 10.5 Å². The Morgan fingerprint density at radius 2 is 2.11 bits per heavy atom. The Kier molecular flexibility index (Phi) is 3.73. The molecule has 6 nitrogen and oxygen atoms in total. The maximum Gasteiger partial charge on any atom is 0.248 e. The number of rotatable bonds is 5. The predicted octanol–water partition coefficient (Wildman–Crippen LogP) is 1.26. The minimum atomic E-state index is -0.454. The Morgan fingerprint density at radius 1 is 1.39 bits per heavy atom. The van der Waals surface area contributed by atoms with Crippen molar-refractivity contribution in [3.8, 4) is 5.75 Å². The van der Waals surface area contributed by atoms with Crippen molar-refractivity contribution in [2.45, 2.75) is 6.61 Å². The van der Waals surface area contributed by atoms with E-state index in [1.807, 2.05) is 0 Å². The smallest absolute Gasteiger partial charge is 0.248 e. The van der Waals surface area contributed by atoms with Gasteiger partial charge in [-0.25, -0.2) is 0 Å². The molecule has 0 radical (unpaired) electrons. The molecule has 0 aliphatic heterocycles. The first-order valence-corrected chi connectivity index (χ1v) is 6.03. The van der Waals surface area contributed by atoms with Gasteiger partial charge in [-0.15, -0.1) is 10.2 Å². The number of carbonyl (C=O) groups excluding carboxylic acids is 1. The van der Waals surface area contributed by atoms with E-state index in [2.05, 4.69) is 15.5 Å². The molecule has 7 heteroatoms. The summed E-state index contributed by atoms with van der Waals surface area (Å²) in [7, 11) is 1.79. The fourth-order valence-corrected chi connectivity index (χ4v) is 1.88. The van der Waals surface area contributed by atoms with E-state index in [9.17, 15) is 4.79 Å². The molecule has 1 heterocycles. The lowest BCUT2D eigenvalue weighted by Crippen LogP contribution is -2.10. The summed E-state index contributed by atoms with van der Waals surface area (Å²) in [5.74, 6) is 0.200. The van der Waals surface area contributed by atoms with Gasteiger partial charge in [-0.1, -0.05) is 11.3 Å². The number of nitrogens with zero attached hydrogens (tertiary/aromatic N) is 2. The summed E-state index contributed by atoms with van der Waals surface area (Å²) in [5.41, 5.74) is 5.60. The average molecular weight is 264 g/mol. The van der Waals surface area contributed by atoms with E-state index in [1.165, 1.54) is 11.3 Å². The number of aromatic nitrogens is 2. The Bertz CT molecular complexity index is 538. The minimum Gasteiger partial charge on any atom is -0.486 e. The Morgan fingerprint density at radius 3 is 2.67 bits per heavy atom. The van der Waals surface area contributed by atoms with Gasteiger partial charge in [-0.05, 0) is 24.3 Å². The van der Waals surface area contributed by atoms with Gasteiger partial charge in [0, 0.05) is 12.6 Å². The number of anilines is 1. The summed E-state index contributed by atoms with van der Waals surface area (Å²) in [5, 5.41) is 12.3. The summed E-state index contributed by atoms with van der Waals surface area (Å²) >= 11 is 1.43. The van der Waals surface area contributed by atoms with Crippen LogP contribution >= 0.6 is 11.3 Å². The van der Waals surface area contributed by atoms with Crippen LogP contribution in [0.1, 0.15) is 15.4 Å². The van der Waals surface area contributed by atoms with E-state index in [0.29, 0.717) is 17.9 Å². The third-order valence-electron chi connectivity index (χ3n) is 2.18. The van der Waals surface area contributed by atoms with E-state index < -0.39 is 5.91 Å². The molecule has 0 atom stereocenters. The summed E-state index contributed by atoms with van der Waals surface area (Å²) in [4.78, 5) is 10.9. The molecule has 0 bridgehead atoms. The molecule has 1 aromatic heterocycles. The maximum absolute atomic E-state index is 10.9. The van der Waals surface area contributed by atoms with Crippen molar-refractivity contribution in [3.63, 3.8) is 0 Å². The molecular weight excluding hydrogens is 252 g/mol. The van der Waals surface area contributed by atoms with Gasteiger partial charge in [0.15, 0.2) is 5.01 Å². The Labute approximate surface area is 108 Å².